The van der Waals surface area contributed by atoms with Crippen molar-refractivity contribution >= 4 is 11.3 Å². The van der Waals surface area contributed by atoms with Crippen LogP contribution in [0.25, 0.3) is 21.7 Å². The maximum Gasteiger partial charge on any atom is 0.0936 e. The monoisotopic (exact) mass is 266 g/mol. The molecule has 0 amide bonds. The van der Waals surface area contributed by atoms with Gasteiger partial charge in [0.15, 0.2) is 0 Å². The Morgan fingerprint density at radius 2 is 1.68 bits per heavy atom. The average molecular weight is 266 g/mol. The van der Waals surface area contributed by atoms with E-state index in [2.05, 4.69) is 36.2 Å². The van der Waals surface area contributed by atoms with Crippen molar-refractivity contribution in [2.45, 2.75) is 13.3 Å². The van der Waals surface area contributed by atoms with Gasteiger partial charge in [0.25, 0.3) is 0 Å². The van der Waals surface area contributed by atoms with Crippen LogP contribution in [0.3, 0.4) is 0 Å². The van der Waals surface area contributed by atoms with Gasteiger partial charge in [-0.1, -0.05) is 37.3 Å². The van der Waals surface area contributed by atoms with Crippen LogP contribution < -0.4 is 0 Å². The molecule has 0 saturated heterocycles. The summed E-state index contributed by atoms with van der Waals surface area (Å²) in [7, 11) is 0. The van der Waals surface area contributed by atoms with Crippen LogP contribution in [0.4, 0.5) is 0 Å². The normalized spacial score (nSPS) is 10.6. The van der Waals surface area contributed by atoms with Crippen molar-refractivity contribution in [1.29, 1.82) is 0 Å². The van der Waals surface area contributed by atoms with Crippen molar-refractivity contribution in [3.05, 3.63) is 59.9 Å². The van der Waals surface area contributed by atoms with E-state index in [1.807, 2.05) is 30.6 Å². The maximum absolute atomic E-state index is 4.77. The number of pyridine rings is 1. The Bertz CT molecular complexity index is 603. The second-order valence-electron chi connectivity index (χ2n) is 4.24. The lowest BCUT2D eigenvalue weighted by molar-refractivity contribution is 1.10. The molecule has 0 N–H and O–H groups in total. The minimum atomic E-state index is 0.968. The number of benzene rings is 1. The Labute approximate surface area is 116 Å². The molecule has 0 spiro atoms. The zero-order chi connectivity index (χ0) is 13.1. The fourth-order valence-corrected chi connectivity index (χ4v) is 3.04. The summed E-state index contributed by atoms with van der Waals surface area (Å²) in [5.74, 6) is 0. The molecular weight excluding hydrogens is 252 g/mol. The molecule has 2 aromatic heterocycles. The van der Waals surface area contributed by atoms with E-state index in [-0.39, 0.29) is 0 Å². The van der Waals surface area contributed by atoms with Crippen LogP contribution >= 0.6 is 11.3 Å². The molecule has 0 fully saturated rings. The number of rotatable bonds is 3. The third-order valence-electron chi connectivity index (χ3n) is 2.96. The molecule has 3 aromatic rings. The lowest BCUT2D eigenvalue weighted by Crippen LogP contribution is -1.83. The third-order valence-corrected chi connectivity index (χ3v) is 4.21. The number of aryl methyl sites for hydroxylation is 1. The molecular formula is C16H14N2S. The molecule has 1 aromatic carbocycles. The summed E-state index contributed by atoms with van der Waals surface area (Å²) < 4.78 is 0. The molecule has 19 heavy (non-hydrogen) atoms. The predicted molar refractivity (Wildman–Crippen MR) is 80.2 cm³/mol. The number of hydrogen-bond donors (Lipinski definition) is 0. The van der Waals surface area contributed by atoms with E-state index < -0.39 is 0 Å². The van der Waals surface area contributed by atoms with Crippen LogP contribution in [0.1, 0.15) is 11.9 Å². The Hall–Kier alpha value is -2.00. The van der Waals surface area contributed by atoms with Crippen molar-refractivity contribution in [3.8, 4) is 21.7 Å². The first-order chi connectivity index (χ1) is 9.38. The van der Waals surface area contributed by atoms with E-state index in [1.54, 1.807) is 11.3 Å². The number of thiazole rings is 1. The summed E-state index contributed by atoms with van der Waals surface area (Å²) in [5.41, 5.74) is 3.42. The van der Waals surface area contributed by atoms with Crippen LogP contribution in [0.15, 0.2) is 54.9 Å². The van der Waals surface area contributed by atoms with Crippen molar-refractivity contribution in [2.75, 3.05) is 0 Å². The molecule has 3 rings (SSSR count). The summed E-state index contributed by atoms with van der Waals surface area (Å²) >= 11 is 1.78. The molecule has 0 saturated carbocycles. The minimum Gasteiger partial charge on any atom is -0.265 e. The topological polar surface area (TPSA) is 25.8 Å². The fraction of sp³-hybridized carbons (Fsp3) is 0.125. The smallest absolute Gasteiger partial charge is 0.0936 e. The molecule has 94 valence electrons. The highest BCUT2D eigenvalue weighted by Gasteiger charge is 2.13. The van der Waals surface area contributed by atoms with Crippen LogP contribution in [0.2, 0.25) is 0 Å². The SMILES string of the molecule is CCc1nc(-c2ccncc2)c(-c2ccccc2)s1. The van der Waals surface area contributed by atoms with Crippen molar-refractivity contribution < 1.29 is 0 Å². The minimum absolute atomic E-state index is 0.968. The summed E-state index contributed by atoms with van der Waals surface area (Å²) in [5, 5.41) is 1.17. The Balaban J connectivity index is 2.17. The Morgan fingerprint density at radius 3 is 2.37 bits per heavy atom. The Morgan fingerprint density at radius 1 is 0.947 bits per heavy atom. The van der Waals surface area contributed by atoms with E-state index in [9.17, 15) is 0 Å². The van der Waals surface area contributed by atoms with Gasteiger partial charge in [-0.3, -0.25) is 4.98 Å². The quantitative estimate of drug-likeness (QED) is 0.700. The molecule has 2 nitrogen and oxygen atoms in total. The van der Waals surface area contributed by atoms with Gasteiger partial charge in [0, 0.05) is 18.0 Å². The predicted octanol–water partition coefficient (Wildman–Crippen LogP) is 4.43. The van der Waals surface area contributed by atoms with Crippen molar-refractivity contribution in [3.63, 3.8) is 0 Å². The van der Waals surface area contributed by atoms with Crippen LogP contribution in [0, 0.1) is 0 Å². The second-order valence-corrected chi connectivity index (χ2v) is 5.32. The highest BCUT2D eigenvalue weighted by Crippen LogP contribution is 2.36. The summed E-state index contributed by atoms with van der Waals surface area (Å²) in [4.78, 5) is 10.1. The van der Waals surface area contributed by atoms with E-state index in [0.29, 0.717) is 0 Å². The van der Waals surface area contributed by atoms with Gasteiger partial charge in [-0.2, -0.15) is 0 Å². The number of nitrogens with zero attached hydrogens (tertiary/aromatic N) is 2. The second kappa shape index (κ2) is 5.33. The maximum atomic E-state index is 4.77. The molecule has 0 radical (unpaired) electrons. The van der Waals surface area contributed by atoms with Gasteiger partial charge in [-0.05, 0) is 24.1 Å². The van der Waals surface area contributed by atoms with E-state index in [0.717, 1.165) is 17.7 Å². The van der Waals surface area contributed by atoms with Crippen LogP contribution in [-0.2, 0) is 6.42 Å². The molecule has 2 heterocycles. The molecule has 0 unspecified atom stereocenters. The van der Waals surface area contributed by atoms with Gasteiger partial charge in [0.05, 0.1) is 15.6 Å². The average Bonchev–Trinajstić information content (AvgIpc) is 2.93. The van der Waals surface area contributed by atoms with E-state index in [1.165, 1.54) is 15.4 Å². The largest absolute Gasteiger partial charge is 0.265 e. The van der Waals surface area contributed by atoms with Gasteiger partial charge >= 0.3 is 0 Å². The molecule has 0 atom stereocenters. The molecule has 0 aliphatic rings. The third kappa shape index (κ3) is 2.42. The summed E-state index contributed by atoms with van der Waals surface area (Å²) in [6, 6.07) is 14.5. The molecule has 0 aliphatic carbocycles. The van der Waals surface area contributed by atoms with Crippen molar-refractivity contribution in [2.24, 2.45) is 0 Å². The number of hydrogen-bond acceptors (Lipinski definition) is 3. The van der Waals surface area contributed by atoms with Gasteiger partial charge in [0.2, 0.25) is 0 Å². The molecule has 0 aliphatic heterocycles. The van der Waals surface area contributed by atoms with Gasteiger partial charge in [-0.15, -0.1) is 11.3 Å². The summed E-state index contributed by atoms with van der Waals surface area (Å²) in [6.07, 6.45) is 4.60. The zero-order valence-corrected chi connectivity index (χ0v) is 11.5. The first-order valence-electron chi connectivity index (χ1n) is 6.34. The standard InChI is InChI=1S/C16H14N2S/c1-2-14-18-15(12-8-10-17-11-9-12)16(19-14)13-6-4-3-5-7-13/h3-11H,2H2,1H3. The van der Waals surface area contributed by atoms with E-state index in [4.69, 9.17) is 4.98 Å². The number of aromatic nitrogens is 2. The lowest BCUT2D eigenvalue weighted by Gasteiger charge is -2.02. The van der Waals surface area contributed by atoms with Gasteiger partial charge in [0.1, 0.15) is 0 Å². The fourth-order valence-electron chi connectivity index (χ4n) is 2.01. The van der Waals surface area contributed by atoms with Gasteiger partial charge < -0.3 is 0 Å². The van der Waals surface area contributed by atoms with Crippen LogP contribution in [-0.4, -0.2) is 9.97 Å². The lowest BCUT2D eigenvalue weighted by atomic mass is 10.1. The van der Waals surface area contributed by atoms with E-state index >= 15 is 0 Å². The van der Waals surface area contributed by atoms with Crippen LogP contribution in [0.5, 0.6) is 0 Å². The summed E-state index contributed by atoms with van der Waals surface area (Å²) in [6.45, 7) is 2.14. The highest BCUT2D eigenvalue weighted by molar-refractivity contribution is 7.15. The van der Waals surface area contributed by atoms with Gasteiger partial charge in [-0.25, -0.2) is 4.98 Å². The molecule has 3 heteroatoms. The Kier molecular flexibility index (Phi) is 3.38. The first-order valence-corrected chi connectivity index (χ1v) is 7.15. The highest BCUT2D eigenvalue weighted by atomic mass is 32.1. The zero-order valence-electron chi connectivity index (χ0n) is 10.7. The first kappa shape index (κ1) is 12.1. The molecule has 0 bridgehead atoms. The van der Waals surface area contributed by atoms with Crippen molar-refractivity contribution in [1.82, 2.24) is 9.97 Å².